The van der Waals surface area contributed by atoms with E-state index in [9.17, 15) is 4.79 Å². The molecule has 128 valence electrons. The maximum Gasteiger partial charge on any atom is 0.222 e. The highest BCUT2D eigenvalue weighted by atomic mass is 16.5. The minimum absolute atomic E-state index is 0.325. The molecule has 0 N–H and O–H groups in total. The third kappa shape index (κ3) is 3.48. The van der Waals surface area contributed by atoms with Crippen LogP contribution in [0.1, 0.15) is 24.8 Å². The van der Waals surface area contributed by atoms with Gasteiger partial charge in [-0.3, -0.25) is 4.79 Å². The van der Waals surface area contributed by atoms with Crippen molar-refractivity contribution < 1.29 is 9.53 Å². The number of aryl methyl sites for hydroxylation is 1. The summed E-state index contributed by atoms with van der Waals surface area (Å²) in [5, 5.41) is 1.28. The third-order valence-electron chi connectivity index (χ3n) is 5.32. The molecule has 0 radical (unpaired) electrons. The zero-order chi connectivity index (χ0) is 16.5. The monoisotopic (exact) mass is 326 g/mol. The molecule has 4 rings (SSSR count). The highest BCUT2D eigenvalue weighted by Gasteiger charge is 2.29. The lowest BCUT2D eigenvalue weighted by molar-refractivity contribution is -0.132. The Kier molecular flexibility index (Phi) is 4.31. The van der Waals surface area contributed by atoms with Crippen LogP contribution < -0.4 is 0 Å². The van der Waals surface area contributed by atoms with E-state index in [1.807, 2.05) is 4.90 Å². The smallest absolute Gasteiger partial charge is 0.222 e. The Balaban J connectivity index is 1.43. The van der Waals surface area contributed by atoms with E-state index in [1.54, 1.807) is 0 Å². The Morgan fingerprint density at radius 1 is 1.25 bits per heavy atom. The summed E-state index contributed by atoms with van der Waals surface area (Å²) in [5.41, 5.74) is 2.59. The maximum atomic E-state index is 12.4. The summed E-state index contributed by atoms with van der Waals surface area (Å²) in [6, 6.07) is 8.84. The first-order valence-corrected chi connectivity index (χ1v) is 9.08. The van der Waals surface area contributed by atoms with Gasteiger partial charge in [0.05, 0.1) is 13.2 Å². The van der Waals surface area contributed by atoms with Gasteiger partial charge in [-0.15, -0.1) is 0 Å². The first-order chi connectivity index (χ1) is 11.7. The van der Waals surface area contributed by atoms with Gasteiger partial charge in [0.25, 0.3) is 0 Å². The standard InChI is InChI=1S/C20H26N2O2/c1-21-7-6-18-11-16(4-5-19(18)21)10-17-13-22(8-9-24-14-17)20(23)12-15-2-3-15/h4-7,11,15,17H,2-3,8-10,12-14H2,1H3/t17-/m0/s1. The summed E-state index contributed by atoms with van der Waals surface area (Å²) >= 11 is 0. The highest BCUT2D eigenvalue weighted by molar-refractivity contribution is 5.80. The Morgan fingerprint density at radius 3 is 2.96 bits per heavy atom. The van der Waals surface area contributed by atoms with E-state index >= 15 is 0 Å². The molecule has 1 aromatic heterocycles. The fourth-order valence-electron chi connectivity index (χ4n) is 3.72. The zero-order valence-electron chi connectivity index (χ0n) is 14.4. The van der Waals surface area contributed by atoms with E-state index in [2.05, 4.69) is 42.1 Å². The molecule has 0 unspecified atom stereocenters. The van der Waals surface area contributed by atoms with Gasteiger partial charge in [0, 0.05) is 44.2 Å². The van der Waals surface area contributed by atoms with Crippen molar-refractivity contribution in [1.29, 1.82) is 0 Å². The average Bonchev–Trinajstić information content (AvgIpc) is 3.35. The molecule has 2 fully saturated rings. The number of carbonyl (C=O) groups excluding carboxylic acids is 1. The molecule has 2 aromatic rings. The van der Waals surface area contributed by atoms with Crippen LogP contribution in [0.15, 0.2) is 30.5 Å². The molecule has 2 heterocycles. The van der Waals surface area contributed by atoms with Crippen LogP contribution in [-0.4, -0.2) is 41.7 Å². The second kappa shape index (κ2) is 6.60. The quantitative estimate of drug-likeness (QED) is 0.866. The average molecular weight is 326 g/mol. The summed E-state index contributed by atoms with van der Waals surface area (Å²) in [6.07, 6.45) is 6.27. The normalized spacial score (nSPS) is 21.9. The van der Waals surface area contributed by atoms with E-state index in [0.29, 0.717) is 24.3 Å². The fraction of sp³-hybridized carbons (Fsp3) is 0.550. The molecular weight excluding hydrogens is 300 g/mol. The molecule has 1 aliphatic heterocycles. The van der Waals surface area contributed by atoms with Crippen LogP contribution in [-0.2, 0) is 23.0 Å². The second-order valence-electron chi connectivity index (χ2n) is 7.45. The van der Waals surface area contributed by atoms with Gasteiger partial charge < -0.3 is 14.2 Å². The van der Waals surface area contributed by atoms with Crippen LogP contribution in [0.3, 0.4) is 0 Å². The lowest BCUT2D eigenvalue weighted by Crippen LogP contribution is -2.36. The van der Waals surface area contributed by atoms with E-state index in [0.717, 1.165) is 32.5 Å². The number of fused-ring (bicyclic) bond motifs is 1. The number of nitrogens with zero attached hydrogens (tertiary/aromatic N) is 2. The van der Waals surface area contributed by atoms with Crippen molar-refractivity contribution in [2.45, 2.75) is 25.7 Å². The van der Waals surface area contributed by atoms with Gasteiger partial charge in [-0.1, -0.05) is 6.07 Å². The summed E-state index contributed by atoms with van der Waals surface area (Å²) in [6.45, 7) is 3.00. The minimum Gasteiger partial charge on any atom is -0.379 e. The summed E-state index contributed by atoms with van der Waals surface area (Å²) in [5.74, 6) is 1.36. The van der Waals surface area contributed by atoms with Gasteiger partial charge in [0.2, 0.25) is 5.91 Å². The van der Waals surface area contributed by atoms with Crippen molar-refractivity contribution in [2.24, 2.45) is 18.9 Å². The molecule has 1 aromatic carbocycles. The van der Waals surface area contributed by atoms with Gasteiger partial charge >= 0.3 is 0 Å². The lowest BCUT2D eigenvalue weighted by atomic mass is 9.98. The number of hydrogen-bond donors (Lipinski definition) is 0. The number of ether oxygens (including phenoxy) is 1. The van der Waals surface area contributed by atoms with Gasteiger partial charge in [-0.2, -0.15) is 0 Å². The van der Waals surface area contributed by atoms with Crippen LogP contribution in [0.4, 0.5) is 0 Å². The van der Waals surface area contributed by atoms with E-state index in [4.69, 9.17) is 4.74 Å². The van der Waals surface area contributed by atoms with Crippen LogP contribution in [0, 0.1) is 11.8 Å². The Bertz CT molecular complexity index is 732. The molecule has 2 aliphatic rings. The van der Waals surface area contributed by atoms with Gasteiger partial charge in [-0.25, -0.2) is 0 Å². The largest absolute Gasteiger partial charge is 0.379 e. The van der Waals surface area contributed by atoms with Gasteiger partial charge in [0.15, 0.2) is 0 Å². The number of aromatic nitrogens is 1. The van der Waals surface area contributed by atoms with Crippen LogP contribution >= 0.6 is 0 Å². The molecule has 1 atom stereocenters. The van der Waals surface area contributed by atoms with Crippen molar-refractivity contribution >= 4 is 16.8 Å². The number of benzene rings is 1. The Morgan fingerprint density at radius 2 is 2.12 bits per heavy atom. The maximum absolute atomic E-state index is 12.4. The van der Waals surface area contributed by atoms with Crippen LogP contribution in [0.25, 0.3) is 10.9 Å². The second-order valence-corrected chi connectivity index (χ2v) is 7.45. The molecule has 1 aliphatic carbocycles. The fourth-order valence-corrected chi connectivity index (χ4v) is 3.72. The SMILES string of the molecule is Cn1ccc2cc(C[C@@H]3COCCN(C(=O)CC4CC4)C3)ccc21. The van der Waals surface area contributed by atoms with Crippen molar-refractivity contribution in [3.63, 3.8) is 0 Å². The zero-order valence-corrected chi connectivity index (χ0v) is 14.4. The molecule has 0 bridgehead atoms. The predicted octanol–water partition coefficient (Wildman–Crippen LogP) is 3.00. The molecule has 1 saturated heterocycles. The molecule has 4 heteroatoms. The van der Waals surface area contributed by atoms with Crippen molar-refractivity contribution in [3.05, 3.63) is 36.0 Å². The summed E-state index contributed by atoms with van der Waals surface area (Å²) in [7, 11) is 2.07. The van der Waals surface area contributed by atoms with Crippen LogP contribution in [0.2, 0.25) is 0 Å². The topological polar surface area (TPSA) is 34.5 Å². The molecule has 1 saturated carbocycles. The minimum atomic E-state index is 0.325. The molecule has 0 spiro atoms. The molecule has 1 amide bonds. The first kappa shape index (κ1) is 15.7. The number of rotatable bonds is 4. The lowest BCUT2D eigenvalue weighted by Gasteiger charge is -2.24. The van der Waals surface area contributed by atoms with E-state index in [1.165, 1.54) is 29.3 Å². The first-order valence-electron chi connectivity index (χ1n) is 9.08. The van der Waals surface area contributed by atoms with Gasteiger partial charge in [0.1, 0.15) is 0 Å². The number of amides is 1. The van der Waals surface area contributed by atoms with Crippen molar-refractivity contribution in [1.82, 2.24) is 9.47 Å². The number of hydrogen-bond acceptors (Lipinski definition) is 2. The highest BCUT2D eigenvalue weighted by Crippen LogP contribution is 2.33. The van der Waals surface area contributed by atoms with Crippen LogP contribution in [0.5, 0.6) is 0 Å². The number of carbonyl (C=O) groups is 1. The summed E-state index contributed by atoms with van der Waals surface area (Å²) < 4.78 is 7.92. The molecule has 4 nitrogen and oxygen atoms in total. The predicted molar refractivity (Wildman–Crippen MR) is 94.9 cm³/mol. The molecular formula is C20H26N2O2. The van der Waals surface area contributed by atoms with Crippen molar-refractivity contribution in [3.8, 4) is 0 Å². The van der Waals surface area contributed by atoms with Crippen molar-refractivity contribution in [2.75, 3.05) is 26.3 Å². The third-order valence-corrected chi connectivity index (χ3v) is 5.32. The van der Waals surface area contributed by atoms with E-state index in [-0.39, 0.29) is 0 Å². The Labute approximate surface area is 143 Å². The van der Waals surface area contributed by atoms with Gasteiger partial charge in [-0.05, 0) is 54.3 Å². The molecule has 24 heavy (non-hydrogen) atoms. The van der Waals surface area contributed by atoms with E-state index < -0.39 is 0 Å². The Hall–Kier alpha value is -1.81. The summed E-state index contributed by atoms with van der Waals surface area (Å²) in [4.78, 5) is 14.5.